The van der Waals surface area contributed by atoms with Gasteiger partial charge in [-0.3, -0.25) is 38.4 Å². The minimum atomic E-state index is -1.76. The summed E-state index contributed by atoms with van der Waals surface area (Å²) in [5, 5.41) is 44.6. The zero-order chi connectivity index (χ0) is 39.5. The lowest BCUT2D eigenvalue weighted by atomic mass is 9.99. The van der Waals surface area contributed by atoms with Crippen molar-refractivity contribution in [3.63, 3.8) is 0 Å². The molecule has 8 amide bonds. The van der Waals surface area contributed by atoms with Crippen molar-refractivity contribution in [1.29, 1.82) is 0 Å². The number of hydrogen-bond acceptors (Lipinski definition) is 11. The van der Waals surface area contributed by atoms with Gasteiger partial charge in [0.1, 0.15) is 42.0 Å². The van der Waals surface area contributed by atoms with Gasteiger partial charge in [0.15, 0.2) is 0 Å². The maximum Gasteiger partial charge on any atom is 0.245 e. The molecule has 3 heterocycles. The molecule has 54 heavy (non-hydrogen) atoms. The van der Waals surface area contributed by atoms with Crippen LogP contribution in [0.5, 0.6) is 5.75 Å². The van der Waals surface area contributed by atoms with Crippen LogP contribution in [0.2, 0.25) is 0 Å². The highest BCUT2D eigenvalue weighted by Gasteiger charge is 2.44. The van der Waals surface area contributed by atoms with E-state index in [1.54, 1.807) is 6.92 Å². The zero-order valence-electron chi connectivity index (χ0n) is 30.1. The number of amides is 8. The number of aliphatic hydroxyl groups is 2. The van der Waals surface area contributed by atoms with Crippen molar-refractivity contribution < 1.29 is 53.7 Å². The third kappa shape index (κ3) is 10.6. The van der Waals surface area contributed by atoms with E-state index in [2.05, 4.69) is 26.6 Å². The Labute approximate surface area is 311 Å². The van der Waals surface area contributed by atoms with Gasteiger partial charge < -0.3 is 57.4 Å². The van der Waals surface area contributed by atoms with Gasteiger partial charge >= 0.3 is 0 Å². The van der Waals surface area contributed by atoms with Gasteiger partial charge in [0.25, 0.3) is 0 Å². The fraction of sp³-hybridized carbons (Fsp3) is 0.600. The van der Waals surface area contributed by atoms with Gasteiger partial charge in [0, 0.05) is 38.9 Å². The zero-order valence-corrected chi connectivity index (χ0v) is 30.1. The first-order chi connectivity index (χ1) is 25.7. The molecule has 0 aliphatic carbocycles. The molecule has 19 nitrogen and oxygen atoms in total. The van der Waals surface area contributed by atoms with Crippen LogP contribution in [-0.2, 0) is 44.8 Å². The number of phenols is 1. The van der Waals surface area contributed by atoms with Crippen LogP contribution in [0.4, 0.5) is 0 Å². The van der Waals surface area contributed by atoms with Crippen molar-refractivity contribution in [2.45, 2.75) is 113 Å². The predicted octanol–water partition coefficient (Wildman–Crippen LogP) is -3.60. The molecule has 4 rings (SSSR count). The SMILES string of the molecule is CCC1NC(=O)C(NC=O)CCCNC(=O)C2CCCN2C(=O)C(CCC(N)=O)NC(=O)C(C(O)Cc2ccc(O)cc2)NC(=O)C2C[C@@H](O)CN2C1=O. The van der Waals surface area contributed by atoms with Crippen molar-refractivity contribution in [3.05, 3.63) is 29.8 Å². The summed E-state index contributed by atoms with van der Waals surface area (Å²) >= 11 is 0. The number of benzene rings is 1. The maximum atomic E-state index is 14.1. The summed E-state index contributed by atoms with van der Waals surface area (Å²) < 4.78 is 0. The predicted molar refractivity (Wildman–Crippen MR) is 188 cm³/mol. The van der Waals surface area contributed by atoms with E-state index in [1.807, 2.05) is 0 Å². The Hall–Kier alpha value is -5.30. The van der Waals surface area contributed by atoms with Crippen molar-refractivity contribution in [3.8, 4) is 5.75 Å². The Morgan fingerprint density at radius 1 is 0.926 bits per heavy atom. The Kier molecular flexibility index (Phi) is 14.7. The van der Waals surface area contributed by atoms with E-state index in [-0.39, 0.29) is 70.3 Å². The maximum absolute atomic E-state index is 14.1. The van der Waals surface area contributed by atoms with Crippen LogP contribution in [0.15, 0.2) is 24.3 Å². The summed E-state index contributed by atoms with van der Waals surface area (Å²) in [7, 11) is 0. The first-order valence-corrected chi connectivity index (χ1v) is 18.2. The van der Waals surface area contributed by atoms with Crippen LogP contribution in [-0.4, -0.2) is 141 Å². The number of nitrogens with zero attached hydrogens (tertiary/aromatic N) is 2. The van der Waals surface area contributed by atoms with Crippen molar-refractivity contribution in [2.24, 2.45) is 5.73 Å². The van der Waals surface area contributed by atoms with Crippen molar-refractivity contribution in [1.82, 2.24) is 36.4 Å². The standard InChI is InChI=1S/C35H50N8O11/c1-2-22-34(53)43-17-21(46)16-26(43)32(51)41-29(27(47)15-19-7-9-20(45)10-8-19)33(52)40-24(11-12-28(36)48)35(54)42-14-4-6-25(42)31(50)37-13-3-5-23(38-18-44)30(49)39-22/h7-10,18,21-27,29,45-47H,2-6,11-17H2,1H3,(H2,36,48)(H,37,50)(H,38,44)(H,39,49)(H,40,52)(H,41,51)/t21-,22?,23?,24?,25?,26?,27?,29?/m1/s1. The molecule has 0 saturated carbocycles. The van der Waals surface area contributed by atoms with E-state index in [9.17, 15) is 53.7 Å². The number of aliphatic hydroxyl groups excluding tert-OH is 2. The number of aromatic hydroxyl groups is 1. The number of carbonyl (C=O) groups excluding carboxylic acids is 8. The third-order valence-electron chi connectivity index (χ3n) is 9.92. The molecule has 3 fully saturated rings. The van der Waals surface area contributed by atoms with Crippen LogP contribution in [0.1, 0.15) is 63.9 Å². The molecule has 0 aromatic heterocycles. The Balaban J connectivity index is 1.72. The second kappa shape index (κ2) is 19.2. The molecule has 1 aromatic carbocycles. The number of nitrogens with one attached hydrogen (secondary N) is 5. The van der Waals surface area contributed by atoms with Crippen LogP contribution >= 0.6 is 0 Å². The van der Waals surface area contributed by atoms with E-state index in [1.165, 1.54) is 29.2 Å². The van der Waals surface area contributed by atoms with E-state index in [0.29, 0.717) is 24.8 Å². The number of carbonyl (C=O) groups is 8. The fourth-order valence-corrected chi connectivity index (χ4v) is 7.01. The molecule has 3 saturated heterocycles. The number of fused-ring (bicyclic) bond motifs is 2. The van der Waals surface area contributed by atoms with Crippen molar-refractivity contribution in [2.75, 3.05) is 19.6 Å². The highest BCUT2D eigenvalue weighted by atomic mass is 16.3. The van der Waals surface area contributed by atoms with Gasteiger partial charge in [-0.05, 0) is 56.2 Å². The lowest BCUT2D eigenvalue weighted by molar-refractivity contribution is -0.144. The summed E-state index contributed by atoms with van der Waals surface area (Å²) in [4.78, 5) is 108. The first kappa shape index (κ1) is 41.5. The van der Waals surface area contributed by atoms with Crippen LogP contribution < -0.4 is 32.3 Å². The first-order valence-electron chi connectivity index (χ1n) is 18.2. The molecule has 0 radical (unpaired) electrons. The number of primary amides is 1. The molecule has 0 bridgehead atoms. The van der Waals surface area contributed by atoms with Gasteiger partial charge in [-0.15, -0.1) is 0 Å². The summed E-state index contributed by atoms with van der Waals surface area (Å²) in [6.07, 6.45) is -2.38. The number of phenolic OH excluding ortho intramolecular Hbond substituents is 1. The second-order valence-corrected chi connectivity index (χ2v) is 13.8. The highest BCUT2D eigenvalue weighted by Crippen LogP contribution is 2.23. The summed E-state index contributed by atoms with van der Waals surface area (Å²) in [5.41, 5.74) is 5.85. The van der Waals surface area contributed by atoms with Gasteiger partial charge in [-0.2, -0.15) is 0 Å². The molecular formula is C35H50N8O11. The average molecular weight is 759 g/mol. The normalized spacial score (nSPS) is 28.4. The van der Waals surface area contributed by atoms with E-state index >= 15 is 0 Å². The quantitative estimate of drug-likeness (QED) is 0.111. The van der Waals surface area contributed by atoms with Gasteiger partial charge in [-0.1, -0.05) is 19.1 Å². The number of rotatable bonds is 9. The fourth-order valence-electron chi connectivity index (χ4n) is 7.01. The van der Waals surface area contributed by atoms with Crippen LogP contribution in [0, 0.1) is 0 Å². The molecule has 8 atom stereocenters. The molecule has 19 heteroatoms. The molecule has 0 spiro atoms. The lowest BCUT2D eigenvalue weighted by Crippen LogP contribution is -2.61. The Morgan fingerprint density at radius 2 is 1.61 bits per heavy atom. The van der Waals surface area contributed by atoms with E-state index in [4.69, 9.17) is 5.73 Å². The Morgan fingerprint density at radius 3 is 2.28 bits per heavy atom. The molecule has 10 N–H and O–H groups in total. The van der Waals surface area contributed by atoms with Crippen molar-refractivity contribution >= 4 is 47.8 Å². The minimum absolute atomic E-state index is 0.0520. The second-order valence-electron chi connectivity index (χ2n) is 13.8. The molecular weight excluding hydrogens is 708 g/mol. The van der Waals surface area contributed by atoms with Gasteiger partial charge in [-0.25, -0.2) is 0 Å². The van der Waals surface area contributed by atoms with Gasteiger partial charge in [0.2, 0.25) is 47.8 Å². The summed E-state index contributed by atoms with van der Waals surface area (Å²) in [5.74, 6) is -5.36. The smallest absolute Gasteiger partial charge is 0.245 e. The number of nitrogens with two attached hydrogens (primary N) is 1. The van der Waals surface area contributed by atoms with Gasteiger partial charge in [0.05, 0.1) is 12.2 Å². The highest BCUT2D eigenvalue weighted by molar-refractivity contribution is 5.97. The summed E-state index contributed by atoms with van der Waals surface area (Å²) in [6.45, 7) is 1.56. The monoisotopic (exact) mass is 758 g/mol. The largest absolute Gasteiger partial charge is 0.508 e. The average Bonchev–Trinajstić information content (AvgIpc) is 3.79. The van der Waals surface area contributed by atoms with Crippen LogP contribution in [0.25, 0.3) is 0 Å². The molecule has 3 aliphatic rings. The van der Waals surface area contributed by atoms with E-state index < -0.39 is 89.8 Å². The topological polar surface area (TPSA) is 290 Å². The molecule has 296 valence electrons. The third-order valence-corrected chi connectivity index (χ3v) is 9.92. The Bertz CT molecular complexity index is 1560. The van der Waals surface area contributed by atoms with E-state index in [0.717, 1.165) is 4.90 Å². The molecule has 7 unspecified atom stereocenters. The number of hydrogen-bond donors (Lipinski definition) is 9. The molecule has 1 aromatic rings. The lowest BCUT2D eigenvalue weighted by Gasteiger charge is -2.32. The van der Waals surface area contributed by atoms with Crippen LogP contribution in [0.3, 0.4) is 0 Å². The molecule has 3 aliphatic heterocycles. The minimum Gasteiger partial charge on any atom is -0.508 e. The summed E-state index contributed by atoms with van der Waals surface area (Å²) in [6, 6.07) is -1.98.